The molecule has 2 aliphatic rings. The second kappa shape index (κ2) is 11.5. The average molecular weight is 601 g/mol. The number of amides is 1. The number of carbonyl (C=O) groups is 1. The molecule has 3 aromatic heterocycles. The number of ether oxygens (including phenoxy) is 1. The molecule has 1 amide bonds. The van der Waals surface area contributed by atoms with E-state index in [0.717, 1.165) is 87.9 Å². The molecule has 1 aliphatic heterocycles. The Bertz CT molecular complexity index is 2040. The van der Waals surface area contributed by atoms with Crippen molar-refractivity contribution in [2.24, 2.45) is 5.92 Å². The maximum absolute atomic E-state index is 14.8. The fraction of sp³-hybridized carbons (Fsp3) is 0.250. The van der Waals surface area contributed by atoms with E-state index in [-0.39, 0.29) is 17.6 Å². The summed E-state index contributed by atoms with van der Waals surface area (Å²) >= 11 is 0. The van der Waals surface area contributed by atoms with E-state index in [0.29, 0.717) is 18.0 Å². The smallest absolute Gasteiger partial charge is 0.227 e. The molecule has 45 heavy (non-hydrogen) atoms. The second-order valence-electron chi connectivity index (χ2n) is 12.1. The molecule has 6 aromatic rings. The summed E-state index contributed by atoms with van der Waals surface area (Å²) < 4.78 is 20.8. The number of aromatic nitrogens is 4. The van der Waals surface area contributed by atoms with Gasteiger partial charge in [0.15, 0.2) is 0 Å². The maximum Gasteiger partial charge on any atom is 0.227 e. The molecule has 1 saturated heterocycles. The van der Waals surface area contributed by atoms with Gasteiger partial charge in [-0.05, 0) is 97.9 Å². The maximum atomic E-state index is 14.8. The van der Waals surface area contributed by atoms with Crippen molar-refractivity contribution in [1.82, 2.24) is 25.1 Å². The van der Waals surface area contributed by atoms with Crippen LogP contribution in [0.5, 0.6) is 5.75 Å². The molecule has 8 nitrogen and oxygen atoms in total. The summed E-state index contributed by atoms with van der Waals surface area (Å²) in [4.78, 5) is 22.6. The van der Waals surface area contributed by atoms with Gasteiger partial charge in [-0.15, -0.1) is 0 Å². The Hall–Kier alpha value is -5.02. The number of halogens is 1. The minimum Gasteiger partial charge on any atom is -0.492 e. The predicted octanol–water partition coefficient (Wildman–Crippen LogP) is 7.40. The fourth-order valence-corrected chi connectivity index (χ4v) is 6.29. The zero-order valence-electron chi connectivity index (χ0n) is 24.8. The van der Waals surface area contributed by atoms with Crippen LogP contribution in [0.15, 0.2) is 79.1 Å². The average Bonchev–Trinajstić information content (AvgIpc) is 3.40. The molecule has 0 atom stereocenters. The number of benzene rings is 3. The molecular formula is C36H33FN6O2. The number of hydrogen-bond acceptors (Lipinski definition) is 5. The van der Waals surface area contributed by atoms with Gasteiger partial charge in [-0.3, -0.25) is 19.8 Å². The molecule has 226 valence electrons. The molecule has 4 heterocycles. The van der Waals surface area contributed by atoms with Gasteiger partial charge in [-0.25, -0.2) is 4.39 Å². The summed E-state index contributed by atoms with van der Waals surface area (Å²) in [6.45, 7) is 3.59. The van der Waals surface area contributed by atoms with Crippen LogP contribution in [0.4, 0.5) is 10.1 Å². The number of aromatic amines is 2. The number of pyridine rings is 1. The number of carbonyl (C=O) groups excluding carboxylic acids is 1. The van der Waals surface area contributed by atoms with Crippen LogP contribution in [-0.4, -0.2) is 57.2 Å². The van der Waals surface area contributed by atoms with Gasteiger partial charge in [0, 0.05) is 46.6 Å². The highest BCUT2D eigenvalue weighted by Crippen LogP contribution is 2.37. The minimum atomic E-state index is -0.326. The Morgan fingerprint density at radius 3 is 2.69 bits per heavy atom. The number of rotatable bonds is 9. The summed E-state index contributed by atoms with van der Waals surface area (Å²) in [6.07, 6.45) is 7.83. The van der Waals surface area contributed by atoms with Crippen LogP contribution in [0, 0.1) is 11.7 Å². The van der Waals surface area contributed by atoms with Crippen LogP contribution < -0.4 is 10.1 Å². The SMILES string of the molecule is O=C(Nc1cncc(-c2ccc3[nH]nc(-c4cc5c(-c6cc(F)cc(OCCN7CCCC7)c6)cccc5[nH]4)c3c2)c1)C1CC1. The molecule has 9 heteroatoms. The third-order valence-electron chi connectivity index (χ3n) is 8.83. The number of anilines is 1. The Morgan fingerprint density at radius 2 is 1.82 bits per heavy atom. The molecule has 3 aromatic carbocycles. The van der Waals surface area contributed by atoms with Crippen molar-refractivity contribution in [2.45, 2.75) is 25.7 Å². The number of hydrogen-bond donors (Lipinski definition) is 3. The highest BCUT2D eigenvalue weighted by molar-refractivity contribution is 6.02. The molecule has 1 aliphatic carbocycles. The van der Waals surface area contributed by atoms with Gasteiger partial charge < -0.3 is 15.0 Å². The Morgan fingerprint density at radius 1 is 0.933 bits per heavy atom. The van der Waals surface area contributed by atoms with Gasteiger partial charge >= 0.3 is 0 Å². The minimum absolute atomic E-state index is 0.0548. The van der Waals surface area contributed by atoms with E-state index in [9.17, 15) is 9.18 Å². The lowest BCUT2D eigenvalue weighted by molar-refractivity contribution is -0.117. The van der Waals surface area contributed by atoms with Crippen LogP contribution in [0.2, 0.25) is 0 Å². The molecule has 1 saturated carbocycles. The lowest BCUT2D eigenvalue weighted by Crippen LogP contribution is -2.25. The molecule has 3 N–H and O–H groups in total. The number of nitrogens with one attached hydrogen (secondary N) is 3. The molecule has 8 rings (SSSR count). The summed E-state index contributed by atoms with van der Waals surface area (Å²) in [7, 11) is 0. The number of nitrogens with zero attached hydrogens (tertiary/aromatic N) is 3. The van der Waals surface area contributed by atoms with Crippen LogP contribution in [0.1, 0.15) is 25.7 Å². The topological polar surface area (TPSA) is 98.9 Å². The van der Waals surface area contributed by atoms with Crippen LogP contribution in [-0.2, 0) is 4.79 Å². The van der Waals surface area contributed by atoms with E-state index < -0.39 is 0 Å². The highest BCUT2D eigenvalue weighted by atomic mass is 19.1. The largest absolute Gasteiger partial charge is 0.492 e. The van der Waals surface area contributed by atoms with Gasteiger partial charge in [0.25, 0.3) is 0 Å². The van der Waals surface area contributed by atoms with E-state index in [1.165, 1.54) is 18.9 Å². The Kier molecular flexibility index (Phi) is 7.02. The lowest BCUT2D eigenvalue weighted by Gasteiger charge is -2.15. The van der Waals surface area contributed by atoms with Crippen molar-refractivity contribution in [3.05, 3.63) is 84.9 Å². The van der Waals surface area contributed by atoms with Crippen LogP contribution in [0.25, 0.3) is 55.4 Å². The van der Waals surface area contributed by atoms with E-state index in [1.54, 1.807) is 18.5 Å². The summed E-state index contributed by atoms with van der Waals surface area (Å²) in [5, 5.41) is 12.7. The molecule has 0 unspecified atom stereocenters. The number of fused-ring (bicyclic) bond motifs is 2. The molecule has 0 radical (unpaired) electrons. The monoisotopic (exact) mass is 600 g/mol. The van der Waals surface area contributed by atoms with Gasteiger partial charge in [0.05, 0.1) is 23.1 Å². The van der Waals surface area contributed by atoms with E-state index in [1.807, 2.05) is 42.5 Å². The van der Waals surface area contributed by atoms with Gasteiger partial charge in [-0.1, -0.05) is 18.2 Å². The number of H-pyrrole nitrogens is 2. The van der Waals surface area contributed by atoms with Gasteiger partial charge in [0.2, 0.25) is 5.91 Å². The van der Waals surface area contributed by atoms with E-state index in [2.05, 4.69) is 42.5 Å². The standard InChI is InChI=1S/C36H33FN6O2/c37-26-14-24(16-28(18-26)45-13-12-43-10-1-2-11-43)29-4-3-5-32-30(29)19-34(40-32)35-31-17-23(8-9-33(31)41-42-35)25-15-27(21-38-20-25)39-36(44)22-6-7-22/h3-5,8-9,14-22,40H,1-2,6-7,10-13H2,(H,39,44)(H,41,42). The summed E-state index contributed by atoms with van der Waals surface area (Å²) in [5.74, 6) is 0.386. The fourth-order valence-electron chi connectivity index (χ4n) is 6.29. The molecule has 0 spiro atoms. The third-order valence-corrected chi connectivity index (χ3v) is 8.83. The Labute approximate surface area is 259 Å². The van der Waals surface area contributed by atoms with Gasteiger partial charge in [-0.2, -0.15) is 5.10 Å². The third kappa shape index (κ3) is 5.67. The first-order chi connectivity index (χ1) is 22.1. The molecule has 2 fully saturated rings. The predicted molar refractivity (Wildman–Crippen MR) is 175 cm³/mol. The first kappa shape index (κ1) is 27.5. The van der Waals surface area contributed by atoms with Crippen LogP contribution in [0.3, 0.4) is 0 Å². The Balaban J connectivity index is 1.10. The molecule has 0 bridgehead atoms. The van der Waals surface area contributed by atoms with Crippen LogP contribution >= 0.6 is 0 Å². The van der Waals surface area contributed by atoms with Crippen molar-refractivity contribution in [2.75, 3.05) is 31.6 Å². The van der Waals surface area contributed by atoms with Crippen molar-refractivity contribution in [3.8, 4) is 39.4 Å². The first-order valence-electron chi connectivity index (χ1n) is 15.6. The van der Waals surface area contributed by atoms with Crippen molar-refractivity contribution in [1.29, 1.82) is 0 Å². The van der Waals surface area contributed by atoms with E-state index in [4.69, 9.17) is 4.74 Å². The van der Waals surface area contributed by atoms with Crippen molar-refractivity contribution in [3.63, 3.8) is 0 Å². The lowest BCUT2D eigenvalue weighted by atomic mass is 10.0. The van der Waals surface area contributed by atoms with Crippen molar-refractivity contribution >= 4 is 33.4 Å². The quantitative estimate of drug-likeness (QED) is 0.161. The zero-order valence-corrected chi connectivity index (χ0v) is 24.8. The van der Waals surface area contributed by atoms with E-state index >= 15 is 0 Å². The highest BCUT2D eigenvalue weighted by Gasteiger charge is 2.29. The second-order valence-corrected chi connectivity index (χ2v) is 12.1. The zero-order chi connectivity index (χ0) is 30.3. The van der Waals surface area contributed by atoms with Gasteiger partial charge in [0.1, 0.15) is 23.9 Å². The normalized spacial score (nSPS) is 15.2. The van der Waals surface area contributed by atoms with Crippen molar-refractivity contribution < 1.29 is 13.9 Å². The number of likely N-dealkylation sites (tertiary alicyclic amines) is 1. The summed E-state index contributed by atoms with van der Waals surface area (Å²) in [6, 6.07) is 21.1. The summed E-state index contributed by atoms with van der Waals surface area (Å²) in [5.41, 5.74) is 7.70. The first-order valence-corrected chi connectivity index (χ1v) is 15.6. The molecular weight excluding hydrogens is 567 g/mol.